The molecule has 6 heteroatoms. The number of carbonyl (C=O) groups excluding carboxylic acids is 1. The maximum Gasteiger partial charge on any atom is 0.254 e. The normalized spacial score (nSPS) is 20.2. The van der Waals surface area contributed by atoms with Crippen LogP contribution in [-0.4, -0.2) is 47.7 Å². The number of benzene rings is 1. The number of ether oxygens (including phenoxy) is 2. The highest BCUT2D eigenvalue weighted by molar-refractivity contribution is 5.95. The zero-order valence-corrected chi connectivity index (χ0v) is 15.7. The highest BCUT2D eigenvalue weighted by Gasteiger charge is 2.49. The minimum absolute atomic E-state index is 0.0352. The van der Waals surface area contributed by atoms with E-state index in [4.69, 9.17) is 14.7 Å². The van der Waals surface area contributed by atoms with Crippen molar-refractivity contribution in [1.29, 1.82) is 5.26 Å². The molecule has 1 aromatic heterocycles. The molecule has 1 aromatic carbocycles. The Morgan fingerprint density at radius 3 is 3.00 bits per heavy atom. The van der Waals surface area contributed by atoms with Gasteiger partial charge in [-0.25, -0.2) is 4.98 Å². The van der Waals surface area contributed by atoms with Gasteiger partial charge in [0.15, 0.2) is 0 Å². The van der Waals surface area contributed by atoms with Crippen LogP contribution in [0.1, 0.15) is 35.2 Å². The molecule has 0 radical (unpaired) electrons. The summed E-state index contributed by atoms with van der Waals surface area (Å²) in [5, 5.41) is 9.02. The third kappa shape index (κ3) is 4.00. The molecule has 2 aliphatic heterocycles. The van der Waals surface area contributed by atoms with Crippen molar-refractivity contribution >= 4 is 5.91 Å². The first-order valence-electron chi connectivity index (χ1n) is 9.65. The third-order valence-electron chi connectivity index (χ3n) is 5.49. The molecule has 0 N–H and O–H groups in total. The van der Waals surface area contributed by atoms with Crippen molar-refractivity contribution in [2.75, 3.05) is 26.3 Å². The van der Waals surface area contributed by atoms with E-state index < -0.39 is 0 Å². The van der Waals surface area contributed by atoms with E-state index in [9.17, 15) is 4.79 Å². The Morgan fingerprint density at radius 1 is 1.32 bits per heavy atom. The molecule has 1 atom stereocenters. The van der Waals surface area contributed by atoms with Gasteiger partial charge in [-0.15, -0.1) is 0 Å². The van der Waals surface area contributed by atoms with Gasteiger partial charge in [-0.2, -0.15) is 5.26 Å². The van der Waals surface area contributed by atoms with Gasteiger partial charge in [-0.3, -0.25) is 4.79 Å². The lowest BCUT2D eigenvalue weighted by Crippen LogP contribution is -2.66. The summed E-state index contributed by atoms with van der Waals surface area (Å²) in [7, 11) is 0. The number of nitriles is 1. The summed E-state index contributed by atoms with van der Waals surface area (Å²) in [6.07, 6.45) is 4.65. The smallest absolute Gasteiger partial charge is 0.254 e. The van der Waals surface area contributed by atoms with Crippen molar-refractivity contribution in [3.05, 3.63) is 59.8 Å². The van der Waals surface area contributed by atoms with Crippen LogP contribution >= 0.6 is 0 Å². The molecular weight excluding hydrogens is 354 g/mol. The van der Waals surface area contributed by atoms with Crippen LogP contribution in [0.2, 0.25) is 0 Å². The number of amides is 1. The highest BCUT2D eigenvalue weighted by Crippen LogP contribution is 2.38. The van der Waals surface area contributed by atoms with E-state index in [1.54, 1.807) is 30.5 Å². The summed E-state index contributed by atoms with van der Waals surface area (Å²) in [6, 6.07) is 14.6. The van der Waals surface area contributed by atoms with Crippen LogP contribution in [0.4, 0.5) is 0 Å². The van der Waals surface area contributed by atoms with Crippen LogP contribution in [0.15, 0.2) is 48.7 Å². The van der Waals surface area contributed by atoms with Crippen LogP contribution in [-0.2, 0) is 4.74 Å². The van der Waals surface area contributed by atoms with Gasteiger partial charge in [0.1, 0.15) is 5.60 Å². The average molecular weight is 377 g/mol. The summed E-state index contributed by atoms with van der Waals surface area (Å²) in [6.45, 7) is 2.59. The van der Waals surface area contributed by atoms with Gasteiger partial charge in [0.05, 0.1) is 31.3 Å². The SMILES string of the molecule is N#Cc1cccc(C(=O)N2CC3(CC(CCOc4ccccn4)CCO3)C2)c1. The fourth-order valence-electron chi connectivity index (χ4n) is 4.06. The summed E-state index contributed by atoms with van der Waals surface area (Å²) >= 11 is 0. The number of nitrogens with zero attached hydrogens (tertiary/aromatic N) is 3. The van der Waals surface area contributed by atoms with Gasteiger partial charge < -0.3 is 14.4 Å². The lowest BCUT2D eigenvalue weighted by Gasteiger charge is -2.53. The fourth-order valence-corrected chi connectivity index (χ4v) is 4.06. The first-order chi connectivity index (χ1) is 13.7. The molecule has 1 unspecified atom stereocenters. The molecule has 2 aliphatic rings. The minimum Gasteiger partial charge on any atom is -0.478 e. The van der Waals surface area contributed by atoms with Crippen molar-refractivity contribution in [3.8, 4) is 11.9 Å². The zero-order valence-electron chi connectivity index (χ0n) is 15.7. The van der Waals surface area contributed by atoms with Crippen LogP contribution in [0.5, 0.6) is 5.88 Å². The summed E-state index contributed by atoms with van der Waals surface area (Å²) < 4.78 is 11.8. The maximum atomic E-state index is 12.7. The maximum absolute atomic E-state index is 12.7. The summed E-state index contributed by atoms with van der Waals surface area (Å²) in [4.78, 5) is 18.7. The number of likely N-dealkylation sites (tertiary alicyclic amines) is 1. The average Bonchev–Trinajstić information content (AvgIpc) is 2.72. The first kappa shape index (κ1) is 18.5. The Hall–Kier alpha value is -2.91. The molecule has 2 saturated heterocycles. The molecule has 6 nitrogen and oxygen atoms in total. The topological polar surface area (TPSA) is 75.5 Å². The van der Waals surface area contributed by atoms with Crippen LogP contribution < -0.4 is 4.74 Å². The molecular formula is C22H23N3O3. The zero-order chi connectivity index (χ0) is 19.4. The molecule has 0 aliphatic carbocycles. The van der Waals surface area contributed by atoms with Gasteiger partial charge >= 0.3 is 0 Å². The molecule has 2 fully saturated rings. The Bertz CT molecular complexity index is 872. The molecule has 144 valence electrons. The summed E-state index contributed by atoms with van der Waals surface area (Å²) in [5.74, 6) is 1.15. The number of rotatable bonds is 5. The van der Waals surface area contributed by atoms with Crippen LogP contribution in [0.25, 0.3) is 0 Å². The van der Waals surface area contributed by atoms with E-state index in [0.29, 0.717) is 42.6 Å². The Labute approximate surface area is 164 Å². The molecule has 4 rings (SSSR count). The minimum atomic E-state index is -0.226. The van der Waals surface area contributed by atoms with E-state index in [1.165, 1.54) is 0 Å². The number of aromatic nitrogens is 1. The highest BCUT2D eigenvalue weighted by atomic mass is 16.5. The van der Waals surface area contributed by atoms with Crippen LogP contribution in [0, 0.1) is 17.2 Å². The largest absolute Gasteiger partial charge is 0.478 e. The van der Waals surface area contributed by atoms with E-state index in [2.05, 4.69) is 11.1 Å². The number of pyridine rings is 1. The van der Waals surface area contributed by atoms with E-state index in [1.807, 2.05) is 23.1 Å². The first-order valence-corrected chi connectivity index (χ1v) is 9.65. The van der Waals surface area contributed by atoms with Gasteiger partial charge in [0.2, 0.25) is 5.88 Å². The monoisotopic (exact) mass is 377 g/mol. The number of hydrogen-bond donors (Lipinski definition) is 0. The van der Waals surface area contributed by atoms with Crippen molar-refractivity contribution < 1.29 is 14.3 Å². The van der Waals surface area contributed by atoms with Gasteiger partial charge in [-0.05, 0) is 49.4 Å². The predicted octanol–water partition coefficient (Wildman–Crippen LogP) is 3.04. The second kappa shape index (κ2) is 7.99. The van der Waals surface area contributed by atoms with Crippen LogP contribution in [0.3, 0.4) is 0 Å². The van der Waals surface area contributed by atoms with Crippen molar-refractivity contribution in [2.45, 2.75) is 24.9 Å². The molecule has 2 aromatic rings. The van der Waals surface area contributed by atoms with Gasteiger partial charge in [-0.1, -0.05) is 12.1 Å². The Morgan fingerprint density at radius 2 is 2.21 bits per heavy atom. The van der Waals surface area contributed by atoms with Gasteiger partial charge in [0, 0.05) is 24.4 Å². The third-order valence-corrected chi connectivity index (χ3v) is 5.49. The molecule has 3 heterocycles. The standard InChI is InChI=1S/C22H23N3O3/c23-14-18-4-3-5-19(12-18)21(26)25-15-22(16-25)13-17(8-11-28-22)7-10-27-20-6-1-2-9-24-20/h1-6,9,12,17H,7-8,10-11,13,15-16H2. The summed E-state index contributed by atoms with van der Waals surface area (Å²) in [5.41, 5.74) is 0.837. The number of carbonyl (C=O) groups is 1. The van der Waals surface area contributed by atoms with Gasteiger partial charge in [0.25, 0.3) is 5.91 Å². The Kier molecular flexibility index (Phi) is 5.27. The lowest BCUT2D eigenvalue weighted by atomic mass is 9.79. The molecule has 28 heavy (non-hydrogen) atoms. The second-order valence-electron chi connectivity index (χ2n) is 7.55. The van der Waals surface area contributed by atoms with Crippen molar-refractivity contribution in [2.24, 2.45) is 5.92 Å². The van der Waals surface area contributed by atoms with Crippen molar-refractivity contribution in [1.82, 2.24) is 9.88 Å². The molecule has 0 bridgehead atoms. The predicted molar refractivity (Wildman–Crippen MR) is 103 cm³/mol. The molecule has 1 spiro atoms. The van der Waals surface area contributed by atoms with E-state index >= 15 is 0 Å². The molecule has 1 amide bonds. The Balaban J connectivity index is 1.28. The number of hydrogen-bond acceptors (Lipinski definition) is 5. The lowest BCUT2D eigenvalue weighted by molar-refractivity contribution is -0.166. The fraction of sp³-hybridized carbons (Fsp3) is 0.409. The second-order valence-corrected chi connectivity index (χ2v) is 7.55. The van der Waals surface area contributed by atoms with E-state index in [-0.39, 0.29) is 11.5 Å². The quantitative estimate of drug-likeness (QED) is 0.801. The van der Waals surface area contributed by atoms with Crippen molar-refractivity contribution in [3.63, 3.8) is 0 Å². The molecule has 0 saturated carbocycles. The van der Waals surface area contributed by atoms with E-state index in [0.717, 1.165) is 25.9 Å².